The largest absolute Gasteiger partial charge is 0.390 e. The smallest absolute Gasteiger partial charge is 0.245 e. The summed E-state index contributed by atoms with van der Waals surface area (Å²) in [6.45, 7) is 7.41. The van der Waals surface area contributed by atoms with Crippen molar-refractivity contribution in [2.24, 2.45) is 0 Å². The van der Waals surface area contributed by atoms with Crippen molar-refractivity contribution in [1.82, 2.24) is 8.87 Å². The Hall–Kier alpha value is -0.890. The lowest BCUT2D eigenvalue weighted by Gasteiger charge is -2.40. The maximum Gasteiger partial charge on any atom is 0.245 e. The first-order chi connectivity index (χ1) is 9.82. The third-order valence-corrected chi connectivity index (χ3v) is 5.82. The summed E-state index contributed by atoms with van der Waals surface area (Å²) in [5, 5.41) is 9.39. The Morgan fingerprint density at radius 2 is 2.14 bits per heavy atom. The van der Waals surface area contributed by atoms with Gasteiger partial charge in [0.15, 0.2) is 0 Å². The number of morpholine rings is 1. The number of aliphatic hydroxyl groups excluding tert-OH is 1. The van der Waals surface area contributed by atoms with Crippen molar-refractivity contribution < 1.29 is 18.3 Å². The van der Waals surface area contributed by atoms with E-state index in [-0.39, 0.29) is 11.5 Å². The van der Waals surface area contributed by atoms with Gasteiger partial charge in [-0.05, 0) is 26.3 Å². The Morgan fingerprint density at radius 3 is 2.71 bits per heavy atom. The number of sulfonamides is 1. The fraction of sp³-hybridized carbons (Fsp3) is 0.714. The van der Waals surface area contributed by atoms with Crippen LogP contribution in [0.1, 0.15) is 32.9 Å². The number of aryl methyl sites for hydroxylation is 1. The van der Waals surface area contributed by atoms with E-state index in [0.29, 0.717) is 32.0 Å². The van der Waals surface area contributed by atoms with Gasteiger partial charge in [0.1, 0.15) is 4.90 Å². The van der Waals surface area contributed by atoms with Crippen LogP contribution in [-0.4, -0.2) is 47.7 Å². The molecule has 1 aromatic rings. The molecule has 1 saturated heterocycles. The highest BCUT2D eigenvalue weighted by Crippen LogP contribution is 2.28. The number of aliphatic hydroxyl groups is 1. The van der Waals surface area contributed by atoms with Crippen LogP contribution in [0.15, 0.2) is 17.2 Å². The summed E-state index contributed by atoms with van der Waals surface area (Å²) in [6.07, 6.45) is 2.50. The van der Waals surface area contributed by atoms with E-state index in [2.05, 4.69) is 0 Å². The summed E-state index contributed by atoms with van der Waals surface area (Å²) in [6, 6.07) is 1.57. The van der Waals surface area contributed by atoms with Crippen molar-refractivity contribution in [3.8, 4) is 0 Å². The number of hydrogen-bond acceptors (Lipinski definition) is 4. The second kappa shape index (κ2) is 6.08. The fourth-order valence-electron chi connectivity index (χ4n) is 2.66. The van der Waals surface area contributed by atoms with Gasteiger partial charge in [-0.1, -0.05) is 6.92 Å². The molecule has 21 heavy (non-hydrogen) atoms. The van der Waals surface area contributed by atoms with Crippen LogP contribution in [0.2, 0.25) is 0 Å². The summed E-state index contributed by atoms with van der Waals surface area (Å²) in [4.78, 5) is 0.245. The minimum atomic E-state index is -3.58. The molecule has 0 spiro atoms. The first-order valence-electron chi connectivity index (χ1n) is 7.23. The molecule has 1 aliphatic heterocycles. The minimum Gasteiger partial charge on any atom is -0.390 e. The summed E-state index contributed by atoms with van der Waals surface area (Å²) in [7, 11) is -3.58. The topological polar surface area (TPSA) is 71.8 Å². The van der Waals surface area contributed by atoms with Gasteiger partial charge >= 0.3 is 0 Å². The molecule has 1 N–H and O–H groups in total. The van der Waals surface area contributed by atoms with Gasteiger partial charge in [0.2, 0.25) is 10.0 Å². The van der Waals surface area contributed by atoms with Crippen LogP contribution in [-0.2, 0) is 27.9 Å². The van der Waals surface area contributed by atoms with Gasteiger partial charge in [-0.3, -0.25) is 0 Å². The summed E-state index contributed by atoms with van der Waals surface area (Å²) < 4.78 is 34.4. The van der Waals surface area contributed by atoms with Gasteiger partial charge in [-0.2, -0.15) is 4.31 Å². The first kappa shape index (κ1) is 16.5. The molecule has 7 heteroatoms. The van der Waals surface area contributed by atoms with E-state index in [4.69, 9.17) is 4.74 Å². The highest BCUT2D eigenvalue weighted by atomic mass is 32.2. The predicted molar refractivity (Wildman–Crippen MR) is 79.4 cm³/mol. The Morgan fingerprint density at radius 1 is 1.43 bits per heavy atom. The van der Waals surface area contributed by atoms with Gasteiger partial charge in [-0.15, -0.1) is 0 Å². The van der Waals surface area contributed by atoms with E-state index in [0.717, 1.165) is 6.42 Å². The summed E-state index contributed by atoms with van der Waals surface area (Å²) in [5.41, 5.74) is 0.0602. The van der Waals surface area contributed by atoms with Crippen LogP contribution in [0.25, 0.3) is 0 Å². The van der Waals surface area contributed by atoms with Crippen molar-refractivity contribution in [2.75, 3.05) is 19.8 Å². The molecule has 120 valence electrons. The highest BCUT2D eigenvalue weighted by Gasteiger charge is 2.40. The molecule has 0 atom stereocenters. The monoisotopic (exact) mass is 316 g/mol. The van der Waals surface area contributed by atoms with Crippen LogP contribution in [0, 0.1) is 0 Å². The van der Waals surface area contributed by atoms with Crippen LogP contribution < -0.4 is 0 Å². The Kier molecular flexibility index (Phi) is 4.77. The van der Waals surface area contributed by atoms with Crippen molar-refractivity contribution in [3.05, 3.63) is 18.0 Å². The molecule has 1 fully saturated rings. The molecular formula is C14H24N2O4S. The van der Waals surface area contributed by atoms with E-state index in [1.807, 2.05) is 20.8 Å². The maximum absolute atomic E-state index is 12.9. The number of rotatable bonds is 5. The third kappa shape index (κ3) is 3.15. The van der Waals surface area contributed by atoms with E-state index in [1.54, 1.807) is 16.8 Å². The van der Waals surface area contributed by atoms with Crippen LogP contribution in [0.5, 0.6) is 0 Å². The van der Waals surface area contributed by atoms with Crippen LogP contribution in [0.3, 0.4) is 0 Å². The zero-order chi connectivity index (χ0) is 15.7. The number of nitrogens with zero attached hydrogens (tertiary/aromatic N) is 2. The van der Waals surface area contributed by atoms with Crippen molar-refractivity contribution in [2.45, 2.75) is 50.8 Å². The standard InChI is InChI=1S/C14H24N2O4S/c1-4-5-15-9-13(8-12(15)10-17)21(18,19)16-6-7-20-11-14(16,2)3/h8-9,17H,4-7,10-11H2,1-3H3. The molecule has 0 saturated carbocycles. The fourth-order valence-corrected chi connectivity index (χ4v) is 4.48. The molecule has 0 radical (unpaired) electrons. The SMILES string of the molecule is CCCn1cc(S(=O)(=O)N2CCOCC2(C)C)cc1CO. The zero-order valence-corrected chi connectivity index (χ0v) is 13.7. The minimum absolute atomic E-state index is 0.165. The molecule has 1 aliphatic rings. The molecular weight excluding hydrogens is 292 g/mol. The van der Waals surface area contributed by atoms with Gasteiger partial charge in [0.25, 0.3) is 0 Å². The van der Waals surface area contributed by atoms with E-state index < -0.39 is 15.6 Å². The zero-order valence-electron chi connectivity index (χ0n) is 12.9. The molecule has 2 heterocycles. The Balaban J connectivity index is 2.39. The number of hydrogen-bond donors (Lipinski definition) is 1. The van der Waals surface area contributed by atoms with Crippen LogP contribution in [0.4, 0.5) is 0 Å². The van der Waals surface area contributed by atoms with Gasteiger partial charge in [0.05, 0.1) is 25.4 Å². The van der Waals surface area contributed by atoms with Gasteiger partial charge in [0, 0.05) is 25.0 Å². The predicted octanol–water partition coefficient (Wildman–Crippen LogP) is 1.19. The number of aromatic nitrogens is 1. The normalized spacial score (nSPS) is 19.8. The maximum atomic E-state index is 12.9. The molecule has 2 rings (SSSR count). The second-order valence-electron chi connectivity index (χ2n) is 5.96. The quantitative estimate of drug-likeness (QED) is 0.886. The lowest BCUT2D eigenvalue weighted by atomic mass is 10.1. The molecule has 0 aliphatic carbocycles. The van der Waals surface area contributed by atoms with E-state index >= 15 is 0 Å². The third-order valence-electron chi connectivity index (χ3n) is 3.74. The lowest BCUT2D eigenvalue weighted by Crippen LogP contribution is -2.55. The van der Waals surface area contributed by atoms with Crippen molar-refractivity contribution >= 4 is 10.0 Å². The average Bonchev–Trinajstić information content (AvgIpc) is 2.82. The molecule has 0 amide bonds. The van der Waals surface area contributed by atoms with E-state index in [9.17, 15) is 13.5 Å². The highest BCUT2D eigenvalue weighted by molar-refractivity contribution is 7.89. The van der Waals surface area contributed by atoms with Gasteiger partial charge in [-0.25, -0.2) is 8.42 Å². The molecule has 0 aromatic carbocycles. The lowest BCUT2D eigenvalue weighted by molar-refractivity contribution is -0.00770. The van der Waals surface area contributed by atoms with Crippen molar-refractivity contribution in [1.29, 1.82) is 0 Å². The second-order valence-corrected chi connectivity index (χ2v) is 7.82. The molecule has 6 nitrogen and oxygen atoms in total. The average molecular weight is 316 g/mol. The summed E-state index contributed by atoms with van der Waals surface area (Å²) >= 11 is 0. The van der Waals surface area contributed by atoms with E-state index in [1.165, 1.54) is 4.31 Å². The first-order valence-corrected chi connectivity index (χ1v) is 8.67. The summed E-state index contributed by atoms with van der Waals surface area (Å²) in [5.74, 6) is 0. The Labute approximate surface area is 126 Å². The molecule has 0 bridgehead atoms. The van der Waals surface area contributed by atoms with Crippen LogP contribution >= 0.6 is 0 Å². The van der Waals surface area contributed by atoms with Crippen molar-refractivity contribution in [3.63, 3.8) is 0 Å². The number of ether oxygens (including phenoxy) is 1. The van der Waals surface area contributed by atoms with Gasteiger partial charge < -0.3 is 14.4 Å². The molecule has 1 aromatic heterocycles. The molecule has 0 unspecified atom stereocenters. The Bertz CT molecular complexity index is 592.